The fraction of sp³-hybridized carbons (Fsp3) is 0.522. The Bertz CT molecular complexity index is 944. The van der Waals surface area contributed by atoms with Gasteiger partial charge in [-0.25, -0.2) is 4.79 Å². The van der Waals surface area contributed by atoms with E-state index in [4.69, 9.17) is 0 Å². The van der Waals surface area contributed by atoms with Crippen LogP contribution in [-0.2, 0) is 6.42 Å². The number of hydrogen-bond acceptors (Lipinski definition) is 3. The Labute approximate surface area is 177 Å². The molecule has 0 spiro atoms. The molecule has 2 amide bonds. The van der Waals surface area contributed by atoms with E-state index >= 15 is 0 Å². The molecule has 6 heteroatoms. The molecule has 1 aromatic heterocycles. The van der Waals surface area contributed by atoms with Crippen LogP contribution < -0.4 is 5.32 Å². The molecule has 0 fully saturated rings. The van der Waals surface area contributed by atoms with Gasteiger partial charge >= 0.3 is 6.03 Å². The highest BCUT2D eigenvalue weighted by molar-refractivity contribution is 7.99. The van der Waals surface area contributed by atoms with Crippen LogP contribution in [0.1, 0.15) is 38.8 Å². The number of hydrogen-bond donors (Lipinski definition) is 2. The summed E-state index contributed by atoms with van der Waals surface area (Å²) in [5, 5.41) is 6.45. The van der Waals surface area contributed by atoms with Crippen molar-refractivity contribution in [3.8, 4) is 0 Å². The van der Waals surface area contributed by atoms with Gasteiger partial charge in [0.05, 0.1) is 11.1 Å². The summed E-state index contributed by atoms with van der Waals surface area (Å²) >= 11 is 1.92. The average molecular weight is 413 g/mol. The molecule has 29 heavy (non-hydrogen) atoms. The van der Waals surface area contributed by atoms with E-state index in [0.29, 0.717) is 11.3 Å². The van der Waals surface area contributed by atoms with Gasteiger partial charge in [-0.1, -0.05) is 32.1 Å². The molecule has 4 rings (SSSR count). The molecule has 2 aromatic rings. The van der Waals surface area contributed by atoms with Crippen molar-refractivity contribution in [2.75, 3.05) is 26.7 Å². The molecule has 1 aliphatic carbocycles. The lowest BCUT2D eigenvalue weighted by atomic mass is 9.81. The summed E-state index contributed by atoms with van der Waals surface area (Å²) in [4.78, 5) is 20.5. The fourth-order valence-corrected chi connectivity index (χ4v) is 5.66. The summed E-state index contributed by atoms with van der Waals surface area (Å²) in [6.07, 6.45) is 3.32. The van der Waals surface area contributed by atoms with E-state index < -0.39 is 0 Å². The highest BCUT2D eigenvalue weighted by atomic mass is 32.2. The predicted octanol–water partition coefficient (Wildman–Crippen LogP) is 4.34. The lowest BCUT2D eigenvalue weighted by Gasteiger charge is -2.40. The first-order valence-corrected chi connectivity index (χ1v) is 11.6. The number of nitrogens with one attached hydrogen (secondary N) is 2. The Morgan fingerprint density at radius 1 is 1.34 bits per heavy atom. The Balaban J connectivity index is 1.72. The maximum absolute atomic E-state index is 12.6. The molecular weight excluding hydrogens is 380 g/mol. The van der Waals surface area contributed by atoms with Crippen LogP contribution in [0, 0.1) is 0 Å². The molecule has 2 atom stereocenters. The van der Waals surface area contributed by atoms with Crippen LogP contribution in [0.15, 0.2) is 29.3 Å². The largest absolute Gasteiger partial charge is 0.349 e. The van der Waals surface area contributed by atoms with E-state index in [0.717, 1.165) is 26.1 Å². The minimum atomic E-state index is 0.0238. The van der Waals surface area contributed by atoms with Crippen molar-refractivity contribution >= 4 is 34.3 Å². The van der Waals surface area contributed by atoms with Gasteiger partial charge < -0.3 is 15.2 Å². The number of aromatic nitrogens is 1. The molecule has 2 N–H and O–H groups in total. The topological polar surface area (TPSA) is 51.4 Å². The third kappa shape index (κ3) is 3.68. The van der Waals surface area contributed by atoms with E-state index in [1.807, 2.05) is 30.5 Å². The van der Waals surface area contributed by atoms with Crippen LogP contribution >= 0.6 is 11.8 Å². The standard InChI is InChI=1S/C23H32N4OS/c1-6-27(7-2)23(28)24-15-11-17-16-9-8-10-19-21(16)18(12-20(17)26(5)13-15)22(25-19)29-14(3)4/h8-11,14-15,20,25H,6-7,12-13H2,1-5H3,(H,24,28)/t15-,20+/m0/s1. The smallest absolute Gasteiger partial charge is 0.317 e. The van der Waals surface area contributed by atoms with Crippen LogP contribution in [0.3, 0.4) is 0 Å². The molecule has 2 heterocycles. The third-order valence-electron chi connectivity index (χ3n) is 6.07. The van der Waals surface area contributed by atoms with E-state index in [1.165, 1.54) is 32.6 Å². The van der Waals surface area contributed by atoms with Crippen LogP contribution in [0.2, 0.25) is 0 Å². The Morgan fingerprint density at radius 3 is 2.79 bits per heavy atom. The number of nitrogens with zero attached hydrogens (tertiary/aromatic N) is 2. The number of urea groups is 1. The lowest BCUT2D eigenvalue weighted by Crippen LogP contribution is -2.52. The van der Waals surface area contributed by atoms with Crippen molar-refractivity contribution in [2.24, 2.45) is 0 Å². The van der Waals surface area contributed by atoms with Crippen LogP contribution in [0.4, 0.5) is 4.79 Å². The Kier molecular flexibility index (Phi) is 5.67. The van der Waals surface area contributed by atoms with Gasteiger partial charge in [-0.15, -0.1) is 11.8 Å². The minimum Gasteiger partial charge on any atom is -0.349 e. The number of thioether (sulfide) groups is 1. The van der Waals surface area contributed by atoms with Crippen molar-refractivity contribution in [3.05, 3.63) is 35.4 Å². The Hall–Kier alpha value is -1.92. The van der Waals surface area contributed by atoms with Gasteiger partial charge in [-0.2, -0.15) is 0 Å². The molecule has 1 aromatic carbocycles. The number of carbonyl (C=O) groups excluding carboxylic acids is 1. The molecule has 0 saturated carbocycles. The fourth-order valence-electron chi connectivity index (χ4n) is 4.70. The number of fused-ring (bicyclic) bond motifs is 2. The predicted molar refractivity (Wildman–Crippen MR) is 123 cm³/mol. The van der Waals surface area contributed by atoms with Gasteiger partial charge in [0, 0.05) is 41.8 Å². The third-order valence-corrected chi connectivity index (χ3v) is 7.12. The number of benzene rings is 1. The zero-order valence-corrected chi connectivity index (χ0v) is 18.9. The minimum absolute atomic E-state index is 0.0238. The zero-order chi connectivity index (χ0) is 20.7. The number of amides is 2. The summed E-state index contributed by atoms with van der Waals surface area (Å²) < 4.78 is 0. The van der Waals surface area contributed by atoms with Crippen molar-refractivity contribution < 1.29 is 4.79 Å². The zero-order valence-electron chi connectivity index (χ0n) is 18.1. The second-order valence-corrected chi connectivity index (χ2v) is 9.92. The molecule has 156 valence electrons. The summed E-state index contributed by atoms with van der Waals surface area (Å²) in [6, 6.07) is 6.97. The summed E-state index contributed by atoms with van der Waals surface area (Å²) in [5.41, 5.74) is 5.34. The molecule has 1 aliphatic heterocycles. The first kappa shape index (κ1) is 20.4. The van der Waals surface area contributed by atoms with Gasteiger partial charge in [0.1, 0.15) is 0 Å². The number of rotatable bonds is 5. The van der Waals surface area contributed by atoms with Crippen LogP contribution in [0.5, 0.6) is 0 Å². The number of likely N-dealkylation sites (N-methyl/N-ethyl adjacent to an activating group) is 1. The molecule has 0 saturated heterocycles. The number of H-pyrrole nitrogens is 1. The van der Waals surface area contributed by atoms with E-state index in [9.17, 15) is 4.79 Å². The van der Waals surface area contributed by atoms with Gasteiger partial charge in [0.2, 0.25) is 0 Å². The van der Waals surface area contributed by atoms with E-state index in [1.54, 1.807) is 0 Å². The van der Waals surface area contributed by atoms with Crippen molar-refractivity contribution in [2.45, 2.75) is 56.5 Å². The molecule has 0 radical (unpaired) electrons. The van der Waals surface area contributed by atoms with Gasteiger partial charge in [0.25, 0.3) is 0 Å². The maximum Gasteiger partial charge on any atom is 0.317 e. The SMILES string of the molecule is CCN(CC)C(=O)N[C@H]1C=C2c3cccc4[nH]c(SC(C)C)c(c34)C[C@H]2N(C)C1. The first-order valence-electron chi connectivity index (χ1n) is 10.7. The van der Waals surface area contributed by atoms with Gasteiger partial charge in [0.15, 0.2) is 0 Å². The average Bonchev–Trinajstić information content (AvgIpc) is 3.01. The normalized spacial score (nSPS) is 21.2. The van der Waals surface area contributed by atoms with Crippen LogP contribution in [-0.4, -0.2) is 64.8 Å². The lowest BCUT2D eigenvalue weighted by molar-refractivity contribution is 0.193. The van der Waals surface area contributed by atoms with Gasteiger partial charge in [-0.3, -0.25) is 4.90 Å². The summed E-state index contributed by atoms with van der Waals surface area (Å²) in [5.74, 6) is 0. The Morgan fingerprint density at radius 2 is 2.10 bits per heavy atom. The quantitative estimate of drug-likeness (QED) is 0.718. The molecule has 2 aliphatic rings. The first-order chi connectivity index (χ1) is 13.9. The summed E-state index contributed by atoms with van der Waals surface area (Å²) in [7, 11) is 2.18. The van der Waals surface area contributed by atoms with E-state index in [-0.39, 0.29) is 12.1 Å². The molecule has 0 bridgehead atoms. The molecule has 5 nitrogen and oxygen atoms in total. The van der Waals surface area contributed by atoms with Crippen molar-refractivity contribution in [1.82, 2.24) is 20.1 Å². The highest BCUT2D eigenvalue weighted by Crippen LogP contribution is 2.44. The van der Waals surface area contributed by atoms with Crippen LogP contribution in [0.25, 0.3) is 16.5 Å². The monoisotopic (exact) mass is 412 g/mol. The molecular formula is C23H32N4OS. The van der Waals surface area contributed by atoms with Gasteiger partial charge in [-0.05, 0) is 50.1 Å². The van der Waals surface area contributed by atoms with E-state index in [2.05, 4.69) is 60.4 Å². The number of carbonyl (C=O) groups is 1. The number of aromatic amines is 1. The maximum atomic E-state index is 12.6. The second kappa shape index (κ2) is 8.07. The summed E-state index contributed by atoms with van der Waals surface area (Å²) in [6.45, 7) is 10.8. The van der Waals surface area contributed by atoms with Crippen molar-refractivity contribution in [1.29, 1.82) is 0 Å². The highest BCUT2D eigenvalue weighted by Gasteiger charge is 2.35. The second-order valence-electron chi connectivity index (χ2n) is 8.34. The molecule has 0 unspecified atom stereocenters. The van der Waals surface area contributed by atoms with Crippen molar-refractivity contribution in [3.63, 3.8) is 0 Å².